The fourth-order valence-electron chi connectivity index (χ4n) is 3.53. The number of hydrogen-bond acceptors (Lipinski definition) is 1. The molecule has 0 heterocycles. The summed E-state index contributed by atoms with van der Waals surface area (Å²) in [5, 5.41) is 9.92. The van der Waals surface area contributed by atoms with Gasteiger partial charge in [0.1, 0.15) is 5.82 Å². The van der Waals surface area contributed by atoms with Crippen molar-refractivity contribution in [1.29, 1.82) is 0 Å². The van der Waals surface area contributed by atoms with E-state index in [0.717, 1.165) is 35.2 Å². The Balaban J connectivity index is 1.99. The number of benzene rings is 1. The maximum absolute atomic E-state index is 13.2. The van der Waals surface area contributed by atoms with Gasteiger partial charge >= 0.3 is 0 Å². The van der Waals surface area contributed by atoms with Crippen molar-refractivity contribution in [3.8, 4) is 0 Å². The van der Waals surface area contributed by atoms with Crippen LogP contribution in [-0.4, -0.2) is 11.7 Å². The van der Waals surface area contributed by atoms with Gasteiger partial charge in [0.15, 0.2) is 0 Å². The quantitative estimate of drug-likeness (QED) is 0.714. The van der Waals surface area contributed by atoms with Crippen LogP contribution >= 0.6 is 15.9 Å². The van der Waals surface area contributed by atoms with E-state index in [-0.39, 0.29) is 17.8 Å². The molecule has 3 heteroatoms. The zero-order valence-corrected chi connectivity index (χ0v) is 14.5. The second kappa shape index (κ2) is 7.73. The zero-order valence-electron chi connectivity index (χ0n) is 12.9. The van der Waals surface area contributed by atoms with E-state index in [9.17, 15) is 9.50 Å². The molecule has 1 aliphatic carbocycles. The summed E-state index contributed by atoms with van der Waals surface area (Å²) in [6, 6.07) is 4.88. The fourth-order valence-corrected chi connectivity index (χ4v) is 4.02. The van der Waals surface area contributed by atoms with Gasteiger partial charge in [0.05, 0.1) is 0 Å². The molecule has 1 aromatic carbocycles. The van der Waals surface area contributed by atoms with Crippen LogP contribution in [-0.2, 0) is 6.42 Å². The Morgan fingerprint density at radius 1 is 1.33 bits per heavy atom. The highest BCUT2D eigenvalue weighted by Crippen LogP contribution is 2.43. The van der Waals surface area contributed by atoms with Gasteiger partial charge < -0.3 is 5.11 Å². The molecular weight excluding hydrogens is 331 g/mol. The number of unbranched alkanes of at least 4 members (excludes halogenated alkanes) is 1. The maximum Gasteiger partial charge on any atom is 0.124 e. The molecule has 1 N–H and O–H groups in total. The lowest BCUT2D eigenvalue weighted by Crippen LogP contribution is -2.33. The molecule has 2 rings (SSSR count). The van der Waals surface area contributed by atoms with Crippen LogP contribution in [0.3, 0.4) is 0 Å². The van der Waals surface area contributed by atoms with Gasteiger partial charge in [-0.25, -0.2) is 4.39 Å². The van der Waals surface area contributed by atoms with E-state index < -0.39 is 0 Å². The molecule has 1 saturated carbocycles. The number of halogens is 2. The van der Waals surface area contributed by atoms with Crippen molar-refractivity contribution in [1.82, 2.24) is 0 Å². The van der Waals surface area contributed by atoms with Gasteiger partial charge in [-0.1, -0.05) is 48.2 Å². The first kappa shape index (κ1) is 17.0. The molecule has 1 fully saturated rings. The Bertz CT molecular complexity index is 453. The summed E-state index contributed by atoms with van der Waals surface area (Å²) < 4.78 is 14.0. The van der Waals surface area contributed by atoms with E-state index in [2.05, 4.69) is 22.9 Å². The highest BCUT2D eigenvalue weighted by molar-refractivity contribution is 9.10. The molecule has 1 aromatic rings. The summed E-state index contributed by atoms with van der Waals surface area (Å²) >= 11 is 3.45. The molecule has 0 bridgehead atoms. The average Bonchev–Trinajstić information content (AvgIpc) is 2.49. The Hall–Kier alpha value is -0.410. The molecule has 0 spiro atoms. The summed E-state index contributed by atoms with van der Waals surface area (Å²) in [4.78, 5) is 0. The van der Waals surface area contributed by atoms with Gasteiger partial charge in [-0.3, -0.25) is 0 Å². The van der Waals surface area contributed by atoms with Gasteiger partial charge in [-0.2, -0.15) is 0 Å². The van der Waals surface area contributed by atoms with Crippen LogP contribution in [0.2, 0.25) is 0 Å². The van der Waals surface area contributed by atoms with Gasteiger partial charge in [0.25, 0.3) is 0 Å². The van der Waals surface area contributed by atoms with Crippen LogP contribution < -0.4 is 0 Å². The van der Waals surface area contributed by atoms with Crippen molar-refractivity contribution in [2.75, 3.05) is 6.61 Å². The second-order valence-electron chi connectivity index (χ2n) is 6.66. The monoisotopic (exact) mass is 356 g/mol. The molecule has 0 saturated heterocycles. The minimum absolute atomic E-state index is 0.0108. The highest BCUT2D eigenvalue weighted by Gasteiger charge is 2.35. The van der Waals surface area contributed by atoms with E-state index in [1.165, 1.54) is 44.2 Å². The lowest BCUT2D eigenvalue weighted by Gasteiger charge is -2.39. The van der Waals surface area contributed by atoms with Crippen molar-refractivity contribution in [2.24, 2.45) is 11.3 Å². The van der Waals surface area contributed by atoms with E-state index in [1.54, 1.807) is 0 Å². The predicted octanol–water partition coefficient (Wildman–Crippen LogP) is 5.49. The summed E-state index contributed by atoms with van der Waals surface area (Å²) in [7, 11) is 0. The first-order valence-corrected chi connectivity index (χ1v) is 8.92. The molecule has 0 amide bonds. The third kappa shape index (κ3) is 4.53. The molecule has 0 radical (unpaired) electrons. The van der Waals surface area contributed by atoms with Crippen molar-refractivity contribution in [3.05, 3.63) is 34.1 Å². The first-order valence-electron chi connectivity index (χ1n) is 8.13. The molecule has 0 aliphatic heterocycles. The summed E-state index contributed by atoms with van der Waals surface area (Å²) in [6.07, 6.45) is 9.37. The molecule has 118 valence electrons. The summed E-state index contributed by atoms with van der Waals surface area (Å²) in [6.45, 7) is 2.48. The number of aliphatic hydroxyl groups is 1. The topological polar surface area (TPSA) is 20.2 Å². The molecule has 0 atom stereocenters. The minimum Gasteiger partial charge on any atom is -0.396 e. The highest BCUT2D eigenvalue weighted by atomic mass is 79.9. The third-order valence-electron chi connectivity index (χ3n) is 5.05. The van der Waals surface area contributed by atoms with Gasteiger partial charge in [0.2, 0.25) is 0 Å². The van der Waals surface area contributed by atoms with Gasteiger partial charge in [-0.15, -0.1) is 0 Å². The first-order chi connectivity index (χ1) is 10.1. The molecule has 1 nitrogen and oxygen atoms in total. The summed E-state index contributed by atoms with van der Waals surface area (Å²) in [5.41, 5.74) is 1.10. The van der Waals surface area contributed by atoms with Crippen molar-refractivity contribution >= 4 is 15.9 Å². The number of hydrogen-bond donors (Lipinski definition) is 1. The molecule has 0 aromatic heterocycles. The largest absolute Gasteiger partial charge is 0.396 e. The SMILES string of the molecule is CCCCC1CCC(CO)(Cc2ccc(F)cc2Br)CC1. The third-order valence-corrected chi connectivity index (χ3v) is 5.79. The normalized spacial score (nSPS) is 26.0. The van der Waals surface area contributed by atoms with Crippen LogP contribution in [0, 0.1) is 17.2 Å². The van der Waals surface area contributed by atoms with E-state index in [4.69, 9.17) is 0 Å². The Kier molecular flexibility index (Phi) is 6.24. The average molecular weight is 357 g/mol. The van der Waals surface area contributed by atoms with Crippen LogP contribution in [0.5, 0.6) is 0 Å². The number of rotatable bonds is 6. The lowest BCUT2D eigenvalue weighted by atomic mass is 9.67. The number of aliphatic hydroxyl groups excluding tert-OH is 1. The van der Waals surface area contributed by atoms with Crippen LogP contribution in [0.25, 0.3) is 0 Å². The zero-order chi connectivity index (χ0) is 15.3. The fraction of sp³-hybridized carbons (Fsp3) is 0.667. The van der Waals surface area contributed by atoms with Crippen LogP contribution in [0.15, 0.2) is 22.7 Å². The van der Waals surface area contributed by atoms with Gasteiger partial charge in [0, 0.05) is 11.1 Å². The molecule has 0 unspecified atom stereocenters. The molecular formula is C18H26BrFO. The molecule has 1 aliphatic rings. The van der Waals surface area contributed by atoms with Crippen molar-refractivity contribution < 1.29 is 9.50 Å². The van der Waals surface area contributed by atoms with Crippen LogP contribution in [0.4, 0.5) is 4.39 Å². The van der Waals surface area contributed by atoms with Crippen molar-refractivity contribution in [2.45, 2.75) is 58.3 Å². The smallest absolute Gasteiger partial charge is 0.124 e. The Labute approximate surface area is 136 Å². The van der Waals surface area contributed by atoms with Gasteiger partial charge in [-0.05, 0) is 61.1 Å². The molecule has 21 heavy (non-hydrogen) atoms. The summed E-state index contributed by atoms with van der Waals surface area (Å²) in [5.74, 6) is 0.619. The maximum atomic E-state index is 13.2. The Morgan fingerprint density at radius 2 is 2.05 bits per heavy atom. The lowest BCUT2D eigenvalue weighted by molar-refractivity contribution is 0.0619. The minimum atomic E-state index is -0.216. The van der Waals surface area contributed by atoms with Crippen LogP contribution in [0.1, 0.15) is 57.4 Å². The van der Waals surface area contributed by atoms with E-state index in [0.29, 0.717) is 0 Å². The Morgan fingerprint density at radius 3 is 2.62 bits per heavy atom. The second-order valence-corrected chi connectivity index (χ2v) is 7.51. The predicted molar refractivity (Wildman–Crippen MR) is 88.8 cm³/mol. The van der Waals surface area contributed by atoms with Crippen molar-refractivity contribution in [3.63, 3.8) is 0 Å². The van der Waals surface area contributed by atoms with E-state index >= 15 is 0 Å². The standard InChI is InChI=1S/C18H26BrFO/c1-2-3-4-14-7-9-18(13-21,10-8-14)12-15-5-6-16(20)11-17(15)19/h5-6,11,14,21H,2-4,7-10,12-13H2,1H3. The van der Waals surface area contributed by atoms with E-state index in [1.807, 2.05) is 6.07 Å².